The summed E-state index contributed by atoms with van der Waals surface area (Å²) in [6.07, 6.45) is 8.35. The number of nitrogens with one attached hydrogen (secondary N) is 1. The van der Waals surface area contributed by atoms with Gasteiger partial charge in [-0.25, -0.2) is 14.6 Å². The zero-order valence-electron chi connectivity index (χ0n) is 18.0. The first-order valence-electron chi connectivity index (χ1n) is 11.4. The molecule has 3 aliphatic rings. The lowest BCUT2D eigenvalue weighted by molar-refractivity contribution is -0.129. The van der Waals surface area contributed by atoms with Crippen molar-refractivity contribution in [2.75, 3.05) is 25.0 Å². The highest BCUT2D eigenvalue weighted by Gasteiger charge is 2.36. The van der Waals surface area contributed by atoms with Crippen LogP contribution in [0.15, 0.2) is 24.5 Å². The summed E-state index contributed by atoms with van der Waals surface area (Å²) in [6, 6.07) is 5.12. The molecule has 1 saturated carbocycles. The first-order valence-corrected chi connectivity index (χ1v) is 12.1. The lowest BCUT2D eigenvalue weighted by Gasteiger charge is -2.45. The molecule has 2 atom stereocenters. The molecule has 2 saturated heterocycles. The number of hydrogen-bond acceptors (Lipinski definition) is 6. The Bertz CT molecular complexity index is 1150. The van der Waals surface area contributed by atoms with Crippen LogP contribution in [0.25, 0.3) is 10.9 Å². The van der Waals surface area contributed by atoms with Crippen LogP contribution in [0.1, 0.15) is 50.1 Å². The molecule has 6 rings (SSSR count). The summed E-state index contributed by atoms with van der Waals surface area (Å²) in [6.45, 7) is 5.18. The van der Waals surface area contributed by atoms with Gasteiger partial charge >= 0.3 is 0 Å². The van der Waals surface area contributed by atoms with Crippen molar-refractivity contribution < 1.29 is 4.74 Å². The van der Waals surface area contributed by atoms with Gasteiger partial charge in [0.25, 0.3) is 0 Å². The first kappa shape index (κ1) is 20.7. The number of halogens is 2. The predicted octanol–water partition coefficient (Wildman–Crippen LogP) is 5.18. The quantitative estimate of drug-likeness (QED) is 0.551. The Hall–Kier alpha value is -1.93. The maximum Gasteiger partial charge on any atom is 0.227 e. The van der Waals surface area contributed by atoms with E-state index in [-0.39, 0.29) is 0 Å². The summed E-state index contributed by atoms with van der Waals surface area (Å²) in [5.74, 6) is 0.953. The molecular weight excluding hydrogens is 447 g/mol. The molecule has 9 heteroatoms. The van der Waals surface area contributed by atoms with E-state index in [1.165, 1.54) is 5.56 Å². The molecule has 1 N–H and O–H groups in total. The molecule has 1 aromatic carbocycles. The van der Waals surface area contributed by atoms with Gasteiger partial charge in [0.1, 0.15) is 0 Å². The van der Waals surface area contributed by atoms with Crippen molar-refractivity contribution >= 4 is 45.7 Å². The van der Waals surface area contributed by atoms with E-state index < -0.39 is 0 Å². The molecule has 3 aromatic rings. The van der Waals surface area contributed by atoms with E-state index in [1.807, 2.05) is 10.7 Å². The van der Waals surface area contributed by atoms with Crippen LogP contribution >= 0.6 is 23.2 Å². The Morgan fingerprint density at radius 1 is 1.09 bits per heavy atom. The fourth-order valence-electron chi connectivity index (χ4n) is 4.88. The molecule has 7 nitrogen and oxygen atoms in total. The minimum Gasteiger partial charge on any atom is -0.375 e. The number of anilines is 2. The van der Waals surface area contributed by atoms with Crippen molar-refractivity contribution in [3.8, 4) is 0 Å². The number of likely N-dealkylation sites (tertiary alicyclic amines) is 1. The van der Waals surface area contributed by atoms with Gasteiger partial charge in [-0.1, -0.05) is 23.2 Å². The Morgan fingerprint density at radius 3 is 2.59 bits per heavy atom. The molecule has 0 bridgehead atoms. The number of benzene rings is 1. The van der Waals surface area contributed by atoms with Gasteiger partial charge in [0.05, 0.1) is 42.2 Å². The highest BCUT2D eigenvalue weighted by Crippen LogP contribution is 2.39. The minimum absolute atomic E-state index is 0.350. The largest absolute Gasteiger partial charge is 0.375 e. The maximum atomic E-state index is 6.69. The van der Waals surface area contributed by atoms with Crippen LogP contribution in [-0.2, 0) is 4.74 Å². The molecule has 2 aliphatic heterocycles. The Kier molecular flexibility index (Phi) is 5.25. The summed E-state index contributed by atoms with van der Waals surface area (Å²) in [7, 11) is 0. The smallest absolute Gasteiger partial charge is 0.227 e. The van der Waals surface area contributed by atoms with Gasteiger partial charge in [-0.3, -0.25) is 4.90 Å². The number of ether oxygens (including phenoxy) is 1. The van der Waals surface area contributed by atoms with Gasteiger partial charge in [0, 0.05) is 16.6 Å². The number of hydrogen-bond donors (Lipinski definition) is 1. The molecule has 168 valence electrons. The topological polar surface area (TPSA) is 68.1 Å². The van der Waals surface area contributed by atoms with E-state index in [4.69, 9.17) is 32.9 Å². The van der Waals surface area contributed by atoms with Crippen LogP contribution in [0.4, 0.5) is 11.6 Å². The Balaban J connectivity index is 1.21. The second-order valence-corrected chi connectivity index (χ2v) is 9.96. The highest BCUT2D eigenvalue weighted by atomic mass is 35.5. The second-order valence-electron chi connectivity index (χ2n) is 9.19. The third-order valence-corrected chi connectivity index (χ3v) is 7.79. The van der Waals surface area contributed by atoms with E-state index in [2.05, 4.69) is 33.3 Å². The molecule has 4 heterocycles. The molecule has 3 fully saturated rings. The molecule has 0 radical (unpaired) electrons. The van der Waals surface area contributed by atoms with E-state index in [0.717, 1.165) is 67.0 Å². The number of piperidine rings is 1. The van der Waals surface area contributed by atoms with E-state index in [0.29, 0.717) is 35.2 Å². The third kappa shape index (κ3) is 3.75. The van der Waals surface area contributed by atoms with Crippen molar-refractivity contribution in [3.05, 3.63) is 40.3 Å². The summed E-state index contributed by atoms with van der Waals surface area (Å²) in [4.78, 5) is 11.8. The lowest BCUT2D eigenvalue weighted by atomic mass is 9.87. The molecule has 0 spiro atoms. The standard InChI is InChI=1S/C23H26Cl2N6O/c1-13-21(12-32-13)30-6-4-14(5-7-30)17-9-19-15(8-18(17)24)10-26-23(28-19)29-20-11-27-31(22(20)25)16-2-3-16/h8-11,13-14,16,21H,2-7,12H2,1H3,(H,26,28,29)/t13-,21+/m0/s1. The second kappa shape index (κ2) is 8.13. The van der Waals surface area contributed by atoms with Crippen molar-refractivity contribution in [1.82, 2.24) is 24.6 Å². The fourth-order valence-corrected chi connectivity index (χ4v) is 5.49. The minimum atomic E-state index is 0.350. The predicted molar refractivity (Wildman–Crippen MR) is 126 cm³/mol. The van der Waals surface area contributed by atoms with Crippen LogP contribution in [0, 0.1) is 0 Å². The first-order chi connectivity index (χ1) is 15.6. The van der Waals surface area contributed by atoms with Gasteiger partial charge in [-0.15, -0.1) is 0 Å². The summed E-state index contributed by atoms with van der Waals surface area (Å²) >= 11 is 13.2. The van der Waals surface area contributed by atoms with E-state index in [9.17, 15) is 0 Å². The van der Waals surface area contributed by atoms with Gasteiger partial charge < -0.3 is 10.1 Å². The average Bonchev–Trinajstić information content (AvgIpc) is 3.57. The zero-order valence-corrected chi connectivity index (χ0v) is 19.5. The fraction of sp³-hybridized carbons (Fsp3) is 0.522. The molecule has 0 unspecified atom stereocenters. The van der Waals surface area contributed by atoms with Crippen LogP contribution in [0.5, 0.6) is 0 Å². The van der Waals surface area contributed by atoms with Gasteiger partial charge in [0.2, 0.25) is 5.95 Å². The lowest BCUT2D eigenvalue weighted by Crippen LogP contribution is -2.56. The maximum absolute atomic E-state index is 6.69. The van der Waals surface area contributed by atoms with Crippen molar-refractivity contribution in [2.24, 2.45) is 0 Å². The molecule has 32 heavy (non-hydrogen) atoms. The van der Waals surface area contributed by atoms with Gasteiger partial charge in [0.15, 0.2) is 5.15 Å². The molecule has 1 aliphatic carbocycles. The summed E-state index contributed by atoms with van der Waals surface area (Å²) in [5.41, 5.74) is 2.80. The number of fused-ring (bicyclic) bond motifs is 1. The SMILES string of the molecule is C[C@@H]1OC[C@H]1N1CCC(c2cc3nc(Nc4cnn(C5CC5)c4Cl)ncc3cc2Cl)CC1. The van der Waals surface area contributed by atoms with Crippen LogP contribution in [0.3, 0.4) is 0 Å². The van der Waals surface area contributed by atoms with E-state index in [1.54, 1.807) is 12.4 Å². The molecule has 0 amide bonds. The number of aromatic nitrogens is 4. The Labute approximate surface area is 197 Å². The molecule has 2 aromatic heterocycles. The summed E-state index contributed by atoms with van der Waals surface area (Å²) < 4.78 is 7.42. The number of rotatable bonds is 5. The normalized spacial score (nSPS) is 24.6. The van der Waals surface area contributed by atoms with Crippen molar-refractivity contribution in [2.45, 2.75) is 56.7 Å². The van der Waals surface area contributed by atoms with Gasteiger partial charge in [-0.05, 0) is 69.3 Å². The van der Waals surface area contributed by atoms with E-state index >= 15 is 0 Å². The Morgan fingerprint density at radius 2 is 1.91 bits per heavy atom. The zero-order chi connectivity index (χ0) is 21.8. The van der Waals surface area contributed by atoms with Crippen LogP contribution in [0.2, 0.25) is 10.2 Å². The summed E-state index contributed by atoms with van der Waals surface area (Å²) in [5, 5.41) is 9.96. The highest BCUT2D eigenvalue weighted by molar-refractivity contribution is 6.32. The van der Waals surface area contributed by atoms with Crippen molar-refractivity contribution in [3.63, 3.8) is 0 Å². The van der Waals surface area contributed by atoms with Crippen LogP contribution < -0.4 is 5.32 Å². The van der Waals surface area contributed by atoms with Crippen LogP contribution in [-0.4, -0.2) is 56.5 Å². The molecular formula is C23H26Cl2N6O. The number of nitrogens with zero attached hydrogens (tertiary/aromatic N) is 5. The monoisotopic (exact) mass is 472 g/mol. The van der Waals surface area contributed by atoms with Gasteiger partial charge in [-0.2, -0.15) is 5.10 Å². The average molecular weight is 473 g/mol. The van der Waals surface area contributed by atoms with Crippen molar-refractivity contribution in [1.29, 1.82) is 0 Å². The third-order valence-electron chi connectivity index (χ3n) is 7.08.